The van der Waals surface area contributed by atoms with E-state index >= 15 is 0 Å². The fraction of sp³-hybridized carbons (Fsp3) is 0.429. The molecule has 1 unspecified atom stereocenters. The van der Waals surface area contributed by atoms with Crippen LogP contribution in [-0.2, 0) is 4.74 Å². The highest BCUT2D eigenvalue weighted by atomic mass is 16.5. The zero-order valence-electron chi connectivity index (χ0n) is 10.4. The van der Waals surface area contributed by atoms with E-state index in [1.807, 2.05) is 18.2 Å². The second kappa shape index (κ2) is 5.54. The first-order chi connectivity index (χ1) is 8.74. The molecule has 0 saturated carbocycles. The van der Waals surface area contributed by atoms with Gasteiger partial charge in [0.05, 0.1) is 24.7 Å². The van der Waals surface area contributed by atoms with Crippen molar-refractivity contribution in [3.8, 4) is 6.07 Å². The number of nitriles is 1. The van der Waals surface area contributed by atoms with Crippen LogP contribution >= 0.6 is 0 Å². The molecule has 1 saturated heterocycles. The van der Waals surface area contributed by atoms with E-state index in [4.69, 9.17) is 10.00 Å². The van der Waals surface area contributed by atoms with Gasteiger partial charge < -0.3 is 9.64 Å². The Kier molecular flexibility index (Phi) is 3.83. The number of hydrogen-bond acceptors (Lipinski definition) is 4. The van der Waals surface area contributed by atoms with Gasteiger partial charge in [0, 0.05) is 18.8 Å². The van der Waals surface area contributed by atoms with Gasteiger partial charge in [0.15, 0.2) is 0 Å². The van der Waals surface area contributed by atoms with E-state index in [1.54, 1.807) is 6.07 Å². The summed E-state index contributed by atoms with van der Waals surface area (Å²) in [5, 5.41) is 8.99. The Morgan fingerprint density at radius 1 is 1.56 bits per heavy atom. The molecule has 1 aromatic rings. The molecule has 0 aromatic heterocycles. The van der Waals surface area contributed by atoms with E-state index in [1.165, 1.54) is 7.11 Å². The van der Waals surface area contributed by atoms with Gasteiger partial charge in [-0.05, 0) is 31.0 Å². The van der Waals surface area contributed by atoms with Crippen LogP contribution in [-0.4, -0.2) is 26.2 Å². The van der Waals surface area contributed by atoms with Crippen LogP contribution in [0.15, 0.2) is 24.3 Å². The highest BCUT2D eigenvalue weighted by Crippen LogP contribution is 2.23. The van der Waals surface area contributed by atoms with Crippen molar-refractivity contribution in [2.24, 2.45) is 5.92 Å². The minimum atomic E-state index is -0.328. The fourth-order valence-corrected chi connectivity index (χ4v) is 2.26. The van der Waals surface area contributed by atoms with Crippen molar-refractivity contribution in [1.82, 2.24) is 0 Å². The third-order valence-electron chi connectivity index (χ3n) is 3.24. The SMILES string of the molecule is COC(=O)c1cccc(N2CCCC(C#N)C2)c1. The smallest absolute Gasteiger partial charge is 0.337 e. The second-order valence-electron chi connectivity index (χ2n) is 4.46. The van der Waals surface area contributed by atoms with Crippen LogP contribution in [0.25, 0.3) is 0 Å². The molecule has 18 heavy (non-hydrogen) atoms. The lowest BCUT2D eigenvalue weighted by molar-refractivity contribution is 0.0601. The van der Waals surface area contributed by atoms with E-state index < -0.39 is 0 Å². The van der Waals surface area contributed by atoms with Gasteiger partial charge in [0.25, 0.3) is 0 Å². The van der Waals surface area contributed by atoms with E-state index in [9.17, 15) is 4.79 Å². The molecule has 0 bridgehead atoms. The van der Waals surface area contributed by atoms with Gasteiger partial charge in [-0.15, -0.1) is 0 Å². The molecular weight excluding hydrogens is 228 g/mol. The Morgan fingerprint density at radius 3 is 3.11 bits per heavy atom. The number of methoxy groups -OCH3 is 1. The summed E-state index contributed by atoms with van der Waals surface area (Å²) >= 11 is 0. The van der Waals surface area contributed by atoms with Crippen molar-refractivity contribution < 1.29 is 9.53 Å². The second-order valence-corrected chi connectivity index (χ2v) is 4.46. The van der Waals surface area contributed by atoms with Crippen molar-refractivity contribution >= 4 is 11.7 Å². The average molecular weight is 244 g/mol. The van der Waals surface area contributed by atoms with Crippen LogP contribution in [0.2, 0.25) is 0 Å². The summed E-state index contributed by atoms with van der Waals surface area (Å²) in [7, 11) is 1.38. The van der Waals surface area contributed by atoms with Crippen LogP contribution in [0.4, 0.5) is 5.69 Å². The number of ether oxygens (including phenoxy) is 1. The predicted octanol–water partition coefficient (Wildman–Crippen LogP) is 2.21. The maximum absolute atomic E-state index is 11.5. The summed E-state index contributed by atoms with van der Waals surface area (Å²) in [5.74, 6) is -0.244. The number of esters is 1. The number of carbonyl (C=O) groups excluding carboxylic acids is 1. The van der Waals surface area contributed by atoms with Crippen LogP contribution in [0, 0.1) is 17.2 Å². The molecule has 0 N–H and O–H groups in total. The topological polar surface area (TPSA) is 53.3 Å². The van der Waals surface area contributed by atoms with Gasteiger partial charge in [-0.25, -0.2) is 4.79 Å². The summed E-state index contributed by atoms with van der Waals surface area (Å²) in [6, 6.07) is 9.69. The van der Waals surface area contributed by atoms with E-state index in [0.29, 0.717) is 5.56 Å². The van der Waals surface area contributed by atoms with Crippen molar-refractivity contribution in [2.45, 2.75) is 12.8 Å². The van der Waals surface area contributed by atoms with Gasteiger partial charge in [-0.3, -0.25) is 0 Å². The Morgan fingerprint density at radius 2 is 2.39 bits per heavy atom. The van der Waals surface area contributed by atoms with Crippen molar-refractivity contribution in [2.75, 3.05) is 25.1 Å². The molecule has 1 aliphatic heterocycles. The molecule has 1 atom stereocenters. The summed E-state index contributed by atoms with van der Waals surface area (Å²) in [6.07, 6.45) is 1.98. The lowest BCUT2D eigenvalue weighted by atomic mass is 9.99. The lowest BCUT2D eigenvalue weighted by Crippen LogP contribution is -2.34. The highest BCUT2D eigenvalue weighted by Gasteiger charge is 2.20. The Hall–Kier alpha value is -2.02. The number of piperidine rings is 1. The third-order valence-corrected chi connectivity index (χ3v) is 3.24. The molecule has 1 aliphatic rings. The van der Waals surface area contributed by atoms with E-state index in [2.05, 4.69) is 11.0 Å². The third kappa shape index (κ3) is 2.62. The number of carbonyl (C=O) groups is 1. The number of benzene rings is 1. The summed E-state index contributed by atoms with van der Waals surface area (Å²) in [6.45, 7) is 1.67. The molecular formula is C14H16N2O2. The monoisotopic (exact) mass is 244 g/mol. The van der Waals surface area contributed by atoms with Crippen LogP contribution in [0.3, 0.4) is 0 Å². The van der Waals surface area contributed by atoms with Crippen molar-refractivity contribution in [3.63, 3.8) is 0 Å². The first-order valence-electron chi connectivity index (χ1n) is 6.07. The molecule has 0 spiro atoms. The van der Waals surface area contributed by atoms with Gasteiger partial charge in [0.1, 0.15) is 0 Å². The molecule has 1 aromatic carbocycles. The first-order valence-corrected chi connectivity index (χ1v) is 6.07. The Bertz CT molecular complexity index is 479. The standard InChI is InChI=1S/C14H16N2O2/c1-18-14(17)12-5-2-6-13(8-12)16-7-3-4-11(9-15)10-16/h2,5-6,8,11H,3-4,7,10H2,1H3. The number of nitrogens with zero attached hydrogens (tertiary/aromatic N) is 2. The predicted molar refractivity (Wildman–Crippen MR) is 68.3 cm³/mol. The summed E-state index contributed by atoms with van der Waals surface area (Å²) < 4.78 is 4.71. The minimum absolute atomic E-state index is 0.0838. The Balaban J connectivity index is 2.18. The molecule has 1 fully saturated rings. The van der Waals surface area contributed by atoms with Gasteiger partial charge >= 0.3 is 5.97 Å². The van der Waals surface area contributed by atoms with E-state index in [0.717, 1.165) is 31.6 Å². The van der Waals surface area contributed by atoms with E-state index in [-0.39, 0.29) is 11.9 Å². The van der Waals surface area contributed by atoms with Gasteiger partial charge in [-0.2, -0.15) is 5.26 Å². The maximum Gasteiger partial charge on any atom is 0.337 e. The maximum atomic E-state index is 11.5. The number of hydrogen-bond donors (Lipinski definition) is 0. The Labute approximate surface area is 107 Å². The molecule has 1 heterocycles. The quantitative estimate of drug-likeness (QED) is 0.748. The molecule has 4 nitrogen and oxygen atoms in total. The number of anilines is 1. The zero-order chi connectivity index (χ0) is 13.0. The molecule has 0 amide bonds. The zero-order valence-corrected chi connectivity index (χ0v) is 10.4. The normalized spacial score (nSPS) is 19.1. The lowest BCUT2D eigenvalue weighted by Gasteiger charge is -2.31. The molecule has 0 radical (unpaired) electrons. The summed E-state index contributed by atoms with van der Waals surface area (Å²) in [5.41, 5.74) is 1.53. The minimum Gasteiger partial charge on any atom is -0.465 e. The largest absolute Gasteiger partial charge is 0.465 e. The van der Waals surface area contributed by atoms with Gasteiger partial charge in [0.2, 0.25) is 0 Å². The van der Waals surface area contributed by atoms with Crippen molar-refractivity contribution in [3.05, 3.63) is 29.8 Å². The molecule has 4 heteroatoms. The number of rotatable bonds is 2. The van der Waals surface area contributed by atoms with Crippen LogP contribution in [0.1, 0.15) is 23.2 Å². The molecule has 94 valence electrons. The summed E-state index contributed by atoms with van der Waals surface area (Å²) in [4.78, 5) is 13.6. The fourth-order valence-electron chi connectivity index (χ4n) is 2.26. The van der Waals surface area contributed by atoms with Crippen LogP contribution < -0.4 is 4.90 Å². The highest BCUT2D eigenvalue weighted by molar-refractivity contribution is 5.90. The van der Waals surface area contributed by atoms with Crippen LogP contribution in [0.5, 0.6) is 0 Å². The molecule has 0 aliphatic carbocycles. The first kappa shape index (κ1) is 12.4. The average Bonchev–Trinajstić information content (AvgIpc) is 2.46. The van der Waals surface area contributed by atoms with Crippen molar-refractivity contribution in [1.29, 1.82) is 5.26 Å². The molecule has 2 rings (SSSR count). The van der Waals surface area contributed by atoms with Gasteiger partial charge in [-0.1, -0.05) is 6.07 Å².